The van der Waals surface area contributed by atoms with Crippen LogP contribution < -0.4 is 10.1 Å². The molecular weight excluding hydrogens is 169 g/mol. The van der Waals surface area contributed by atoms with Crippen molar-refractivity contribution < 1.29 is 9.13 Å². The Balaban J connectivity index is 2.07. The van der Waals surface area contributed by atoms with E-state index >= 15 is 0 Å². The molecule has 0 bridgehead atoms. The van der Waals surface area contributed by atoms with Crippen LogP contribution in [-0.4, -0.2) is 19.2 Å². The summed E-state index contributed by atoms with van der Waals surface area (Å²) < 4.78 is 18.5. The summed E-state index contributed by atoms with van der Waals surface area (Å²) in [4.78, 5) is 0. The fourth-order valence-electron chi connectivity index (χ4n) is 1.18. The zero-order chi connectivity index (χ0) is 9.26. The highest BCUT2D eigenvalue weighted by molar-refractivity contribution is 5.28. The highest BCUT2D eigenvalue weighted by atomic mass is 19.1. The van der Waals surface area contributed by atoms with Gasteiger partial charge in [0.25, 0.3) is 0 Å². The number of nitrogens with one attached hydrogen (secondary N) is 1. The van der Waals surface area contributed by atoms with Gasteiger partial charge in [-0.3, -0.25) is 0 Å². The summed E-state index contributed by atoms with van der Waals surface area (Å²) in [5.74, 6) is 0.416. The molecule has 2 nitrogen and oxygen atoms in total. The molecule has 2 rings (SSSR count). The first-order valence-electron chi connectivity index (χ1n) is 4.39. The first-order chi connectivity index (χ1) is 6.25. The van der Waals surface area contributed by atoms with Crippen LogP contribution in [0, 0.1) is 12.7 Å². The lowest BCUT2D eigenvalue weighted by atomic mass is 10.2. The van der Waals surface area contributed by atoms with E-state index in [0.29, 0.717) is 11.3 Å². The van der Waals surface area contributed by atoms with Crippen LogP contribution in [0.15, 0.2) is 18.2 Å². The maximum Gasteiger partial charge on any atom is 0.129 e. The lowest BCUT2D eigenvalue weighted by Gasteiger charge is -2.27. The lowest BCUT2D eigenvalue weighted by Crippen LogP contribution is -2.50. The van der Waals surface area contributed by atoms with E-state index in [1.54, 1.807) is 19.1 Å². The van der Waals surface area contributed by atoms with Gasteiger partial charge in [-0.25, -0.2) is 4.39 Å². The highest BCUT2D eigenvalue weighted by Crippen LogP contribution is 2.17. The molecule has 70 valence electrons. The third-order valence-electron chi connectivity index (χ3n) is 2.19. The predicted octanol–water partition coefficient (Wildman–Crippen LogP) is 1.48. The zero-order valence-electron chi connectivity index (χ0n) is 7.51. The average Bonchev–Trinajstić information content (AvgIpc) is 2.04. The maximum atomic E-state index is 13.1. The molecule has 0 saturated carbocycles. The quantitative estimate of drug-likeness (QED) is 0.746. The molecular formula is C10H12FNO. The van der Waals surface area contributed by atoms with Gasteiger partial charge in [0, 0.05) is 19.2 Å². The second kappa shape index (κ2) is 3.34. The second-order valence-electron chi connectivity index (χ2n) is 3.31. The third-order valence-corrected chi connectivity index (χ3v) is 2.19. The van der Waals surface area contributed by atoms with Crippen molar-refractivity contribution in [3.05, 3.63) is 29.6 Å². The van der Waals surface area contributed by atoms with Gasteiger partial charge in [0.2, 0.25) is 0 Å². The molecule has 0 atom stereocenters. The van der Waals surface area contributed by atoms with Crippen molar-refractivity contribution in [2.75, 3.05) is 13.1 Å². The molecule has 1 fully saturated rings. The average molecular weight is 181 g/mol. The van der Waals surface area contributed by atoms with Crippen LogP contribution in [0.4, 0.5) is 4.39 Å². The van der Waals surface area contributed by atoms with Gasteiger partial charge in [-0.05, 0) is 18.6 Å². The van der Waals surface area contributed by atoms with Crippen LogP contribution >= 0.6 is 0 Å². The van der Waals surface area contributed by atoms with Crippen LogP contribution in [-0.2, 0) is 0 Å². The Morgan fingerprint density at radius 3 is 2.77 bits per heavy atom. The van der Waals surface area contributed by atoms with E-state index in [4.69, 9.17) is 4.74 Å². The Morgan fingerprint density at radius 2 is 2.23 bits per heavy atom. The van der Waals surface area contributed by atoms with Crippen LogP contribution in [0.5, 0.6) is 5.75 Å². The maximum absolute atomic E-state index is 13.1. The van der Waals surface area contributed by atoms with Crippen molar-refractivity contribution in [2.45, 2.75) is 13.0 Å². The Kier molecular flexibility index (Phi) is 2.19. The number of hydrogen-bond acceptors (Lipinski definition) is 2. The van der Waals surface area contributed by atoms with Crippen LogP contribution in [0.2, 0.25) is 0 Å². The van der Waals surface area contributed by atoms with Crippen molar-refractivity contribution in [2.24, 2.45) is 0 Å². The molecule has 3 heteroatoms. The summed E-state index contributed by atoms with van der Waals surface area (Å²) in [5, 5.41) is 3.09. The van der Waals surface area contributed by atoms with Crippen molar-refractivity contribution >= 4 is 0 Å². The molecule has 1 aromatic carbocycles. The molecule has 0 unspecified atom stereocenters. The standard InChI is InChI=1S/C10H12FNO/c1-7-2-3-8(4-10(7)11)13-9-5-12-6-9/h2-4,9,12H,5-6H2,1H3. The van der Waals surface area contributed by atoms with E-state index in [1.165, 1.54) is 6.07 Å². The van der Waals surface area contributed by atoms with Gasteiger partial charge < -0.3 is 10.1 Å². The number of rotatable bonds is 2. The van der Waals surface area contributed by atoms with Crippen molar-refractivity contribution in [3.8, 4) is 5.75 Å². The predicted molar refractivity (Wildman–Crippen MR) is 48.4 cm³/mol. The van der Waals surface area contributed by atoms with Gasteiger partial charge in [-0.15, -0.1) is 0 Å². The molecule has 1 N–H and O–H groups in total. The molecule has 1 aromatic rings. The first-order valence-corrected chi connectivity index (χ1v) is 4.39. The van der Waals surface area contributed by atoms with E-state index < -0.39 is 0 Å². The molecule has 0 aromatic heterocycles. The fraction of sp³-hybridized carbons (Fsp3) is 0.400. The van der Waals surface area contributed by atoms with Gasteiger partial charge in [-0.2, -0.15) is 0 Å². The van der Waals surface area contributed by atoms with E-state index in [0.717, 1.165) is 13.1 Å². The van der Waals surface area contributed by atoms with Crippen molar-refractivity contribution in [1.29, 1.82) is 0 Å². The van der Waals surface area contributed by atoms with Gasteiger partial charge >= 0.3 is 0 Å². The van der Waals surface area contributed by atoms with E-state index in [-0.39, 0.29) is 11.9 Å². The van der Waals surface area contributed by atoms with Crippen LogP contribution in [0.1, 0.15) is 5.56 Å². The van der Waals surface area contributed by atoms with E-state index in [2.05, 4.69) is 5.32 Å². The summed E-state index contributed by atoms with van der Waals surface area (Å²) in [6.07, 6.45) is 0.210. The Morgan fingerprint density at radius 1 is 1.46 bits per heavy atom. The van der Waals surface area contributed by atoms with Gasteiger partial charge in [0.1, 0.15) is 17.7 Å². The third kappa shape index (κ3) is 1.80. The fourth-order valence-corrected chi connectivity index (χ4v) is 1.18. The largest absolute Gasteiger partial charge is 0.488 e. The summed E-state index contributed by atoms with van der Waals surface area (Å²) in [6, 6.07) is 4.97. The van der Waals surface area contributed by atoms with Gasteiger partial charge in [-0.1, -0.05) is 6.07 Å². The number of benzene rings is 1. The number of aryl methyl sites for hydroxylation is 1. The molecule has 1 aliphatic rings. The number of ether oxygens (including phenoxy) is 1. The van der Waals surface area contributed by atoms with E-state index in [1.807, 2.05) is 0 Å². The second-order valence-corrected chi connectivity index (χ2v) is 3.31. The van der Waals surface area contributed by atoms with Gasteiger partial charge in [0.05, 0.1) is 0 Å². The Labute approximate surface area is 76.7 Å². The van der Waals surface area contributed by atoms with Crippen molar-refractivity contribution in [3.63, 3.8) is 0 Å². The smallest absolute Gasteiger partial charge is 0.129 e. The molecule has 0 spiro atoms. The molecule has 0 radical (unpaired) electrons. The number of halogens is 1. The SMILES string of the molecule is Cc1ccc(OC2CNC2)cc1F. The topological polar surface area (TPSA) is 21.3 Å². The molecule has 0 amide bonds. The highest BCUT2D eigenvalue weighted by Gasteiger charge is 2.18. The minimum atomic E-state index is -0.204. The molecule has 0 aliphatic carbocycles. The minimum Gasteiger partial charge on any atom is -0.488 e. The summed E-state index contributed by atoms with van der Waals surface area (Å²) in [6.45, 7) is 3.45. The molecule has 1 heterocycles. The molecule has 1 aliphatic heterocycles. The van der Waals surface area contributed by atoms with Crippen molar-refractivity contribution in [1.82, 2.24) is 5.32 Å². The summed E-state index contributed by atoms with van der Waals surface area (Å²) in [7, 11) is 0. The monoisotopic (exact) mass is 181 g/mol. The summed E-state index contributed by atoms with van der Waals surface area (Å²) >= 11 is 0. The number of hydrogen-bond donors (Lipinski definition) is 1. The normalized spacial score (nSPS) is 16.8. The Hall–Kier alpha value is -1.09. The molecule has 13 heavy (non-hydrogen) atoms. The Bertz CT molecular complexity index is 310. The van der Waals surface area contributed by atoms with Crippen LogP contribution in [0.3, 0.4) is 0 Å². The first kappa shape index (κ1) is 8.51. The lowest BCUT2D eigenvalue weighted by molar-refractivity contribution is 0.141. The van der Waals surface area contributed by atoms with Crippen LogP contribution in [0.25, 0.3) is 0 Å². The minimum absolute atomic E-state index is 0.204. The molecule has 1 saturated heterocycles. The van der Waals surface area contributed by atoms with E-state index in [9.17, 15) is 4.39 Å². The van der Waals surface area contributed by atoms with Gasteiger partial charge in [0.15, 0.2) is 0 Å². The summed E-state index contributed by atoms with van der Waals surface area (Å²) in [5.41, 5.74) is 0.652. The zero-order valence-corrected chi connectivity index (χ0v) is 7.51.